The Hall–Kier alpha value is -3.97. The summed E-state index contributed by atoms with van der Waals surface area (Å²) in [4.78, 5) is 54.2. The molecule has 51 heavy (non-hydrogen) atoms. The summed E-state index contributed by atoms with van der Waals surface area (Å²) in [6, 6.07) is 10.3. The number of thiazole rings is 1. The molecule has 5 atom stereocenters. The topological polar surface area (TPSA) is 124 Å². The molecule has 6 heterocycles. The number of amides is 3. The largest absolute Gasteiger partial charge is 0.448 e. The smallest absolute Gasteiger partial charge is 0.409 e. The minimum Gasteiger partial charge on any atom is -0.448 e. The molecule has 0 saturated carbocycles. The van der Waals surface area contributed by atoms with E-state index < -0.39 is 12.0 Å². The summed E-state index contributed by atoms with van der Waals surface area (Å²) in [5.41, 5.74) is 4.97. The highest BCUT2D eigenvalue weighted by atomic mass is 32.1. The maximum absolute atomic E-state index is 14.1. The zero-order chi connectivity index (χ0) is 35.6. The first-order valence-electron chi connectivity index (χ1n) is 18.7. The number of hydrogen-bond acceptors (Lipinski definition) is 10. The lowest BCUT2D eigenvalue weighted by atomic mass is 9.91. The van der Waals surface area contributed by atoms with Crippen molar-refractivity contribution in [1.29, 1.82) is 0 Å². The standard InChI is InChI=1S/C38H51N7O5S/c1-24(2)34(32-21-33(41-50-32)42-17-19-43(20-18-42)38(48)49-22-30-14-13-29-7-5-15-44(29)30)37(47)45-16-6-8-31(45)36(46)40-25(3)27-9-11-28(12-10-27)35-26(4)39-23-51-35/h9-12,21,23-25,29-31,34H,5-8,13-20,22H2,1-4H3,(H,40,46). The Labute approximate surface area is 304 Å². The molecule has 0 radical (unpaired) electrons. The predicted molar refractivity (Wildman–Crippen MR) is 196 cm³/mol. The van der Waals surface area contributed by atoms with Gasteiger partial charge < -0.3 is 29.3 Å². The van der Waals surface area contributed by atoms with Crippen LogP contribution in [0.15, 0.2) is 40.4 Å². The summed E-state index contributed by atoms with van der Waals surface area (Å²) >= 11 is 1.62. The minimum absolute atomic E-state index is 0.0652. The third-order valence-corrected chi connectivity index (χ3v) is 12.3. The van der Waals surface area contributed by atoms with Crippen molar-refractivity contribution in [2.24, 2.45) is 5.92 Å². The molecule has 7 rings (SSSR count). The van der Waals surface area contributed by atoms with E-state index in [-0.39, 0.29) is 29.9 Å². The molecule has 0 spiro atoms. The lowest BCUT2D eigenvalue weighted by Crippen LogP contribution is -2.49. The van der Waals surface area contributed by atoms with Crippen LogP contribution in [0.5, 0.6) is 0 Å². The fourth-order valence-electron chi connectivity index (χ4n) is 8.44. The highest BCUT2D eigenvalue weighted by Crippen LogP contribution is 2.34. The number of fused-ring (bicyclic) bond motifs is 1. The number of rotatable bonds is 10. The number of aryl methyl sites for hydroxylation is 1. The van der Waals surface area contributed by atoms with E-state index in [0.717, 1.165) is 41.1 Å². The van der Waals surface area contributed by atoms with Gasteiger partial charge in [0, 0.05) is 50.9 Å². The van der Waals surface area contributed by atoms with Gasteiger partial charge in [-0.15, -0.1) is 11.3 Å². The predicted octanol–water partition coefficient (Wildman–Crippen LogP) is 5.60. The van der Waals surface area contributed by atoms with Gasteiger partial charge in [0.05, 0.1) is 22.1 Å². The van der Waals surface area contributed by atoms with Crippen molar-refractivity contribution < 1.29 is 23.6 Å². The molecule has 4 aliphatic rings. The lowest BCUT2D eigenvalue weighted by molar-refractivity contribution is -0.141. The first-order chi connectivity index (χ1) is 24.7. The third-order valence-electron chi connectivity index (χ3n) is 11.4. The van der Waals surface area contributed by atoms with E-state index in [1.54, 1.807) is 21.1 Å². The number of likely N-dealkylation sites (tertiary alicyclic amines) is 1. The molecule has 1 N–H and O–H groups in total. The second-order valence-corrected chi connectivity index (χ2v) is 15.8. The van der Waals surface area contributed by atoms with Crippen LogP contribution in [0.2, 0.25) is 0 Å². The monoisotopic (exact) mass is 717 g/mol. The number of hydrogen-bond donors (Lipinski definition) is 1. The van der Waals surface area contributed by atoms with Gasteiger partial charge in [0.15, 0.2) is 11.6 Å². The van der Waals surface area contributed by atoms with E-state index in [1.165, 1.54) is 19.3 Å². The first kappa shape index (κ1) is 35.4. The molecular formula is C38H51N7O5S. The molecule has 4 saturated heterocycles. The number of carbonyl (C=O) groups is 3. The van der Waals surface area contributed by atoms with Gasteiger partial charge in [-0.25, -0.2) is 9.78 Å². The minimum atomic E-state index is -0.568. The number of ether oxygens (including phenoxy) is 1. The van der Waals surface area contributed by atoms with Crippen molar-refractivity contribution in [2.75, 3.05) is 50.8 Å². The number of benzene rings is 1. The van der Waals surface area contributed by atoms with Gasteiger partial charge in [-0.2, -0.15) is 0 Å². The van der Waals surface area contributed by atoms with Crippen LogP contribution in [0.3, 0.4) is 0 Å². The Morgan fingerprint density at radius 3 is 2.47 bits per heavy atom. The van der Waals surface area contributed by atoms with Crippen molar-refractivity contribution in [2.45, 2.75) is 96.3 Å². The number of anilines is 1. The van der Waals surface area contributed by atoms with Gasteiger partial charge >= 0.3 is 6.09 Å². The molecule has 0 bridgehead atoms. The van der Waals surface area contributed by atoms with E-state index in [4.69, 9.17) is 9.26 Å². The summed E-state index contributed by atoms with van der Waals surface area (Å²) < 4.78 is 11.6. The molecular weight excluding hydrogens is 667 g/mol. The number of carbonyl (C=O) groups excluding carboxylic acids is 3. The maximum atomic E-state index is 14.1. The zero-order valence-corrected chi connectivity index (χ0v) is 31.1. The van der Waals surface area contributed by atoms with Crippen molar-refractivity contribution in [1.82, 2.24) is 30.2 Å². The molecule has 13 heteroatoms. The van der Waals surface area contributed by atoms with Gasteiger partial charge in [0.2, 0.25) is 11.8 Å². The lowest BCUT2D eigenvalue weighted by Gasteiger charge is -2.34. The van der Waals surface area contributed by atoms with Crippen molar-refractivity contribution >= 4 is 35.1 Å². The van der Waals surface area contributed by atoms with Gasteiger partial charge in [0.1, 0.15) is 18.6 Å². The molecule has 0 aliphatic carbocycles. The van der Waals surface area contributed by atoms with Gasteiger partial charge in [-0.05, 0) is 76.0 Å². The van der Waals surface area contributed by atoms with E-state index in [1.807, 2.05) is 51.4 Å². The van der Waals surface area contributed by atoms with Crippen LogP contribution in [0.25, 0.3) is 10.4 Å². The van der Waals surface area contributed by atoms with E-state index in [2.05, 4.69) is 37.4 Å². The molecule has 4 fully saturated rings. The Balaban J connectivity index is 0.926. The average molecular weight is 718 g/mol. The molecule has 4 aliphatic heterocycles. The summed E-state index contributed by atoms with van der Waals surface area (Å²) in [7, 11) is 0. The van der Waals surface area contributed by atoms with Crippen molar-refractivity contribution in [3.8, 4) is 10.4 Å². The fraction of sp³-hybridized carbons (Fsp3) is 0.605. The SMILES string of the molecule is Cc1ncsc1-c1ccc(C(C)NC(=O)C2CCCN2C(=O)C(c2cc(N3CCN(C(=O)OCC4CCC5CCCN54)CC3)no2)C(C)C)cc1. The summed E-state index contributed by atoms with van der Waals surface area (Å²) in [5, 5.41) is 7.52. The Bertz CT molecular complexity index is 1680. The second kappa shape index (κ2) is 15.3. The van der Waals surface area contributed by atoms with Crippen LogP contribution in [-0.2, 0) is 14.3 Å². The normalized spacial score (nSPS) is 23.5. The van der Waals surface area contributed by atoms with Crippen LogP contribution >= 0.6 is 11.3 Å². The maximum Gasteiger partial charge on any atom is 0.409 e. The molecule has 12 nitrogen and oxygen atoms in total. The molecule has 274 valence electrons. The van der Waals surface area contributed by atoms with Crippen molar-refractivity contribution in [3.63, 3.8) is 0 Å². The fourth-order valence-corrected chi connectivity index (χ4v) is 9.25. The number of nitrogens with zero attached hydrogens (tertiary/aromatic N) is 6. The van der Waals surface area contributed by atoms with Crippen LogP contribution in [0, 0.1) is 12.8 Å². The number of piperazine rings is 1. The first-order valence-corrected chi connectivity index (χ1v) is 19.6. The second-order valence-electron chi connectivity index (χ2n) is 14.9. The average Bonchev–Trinajstić information content (AvgIpc) is 3.97. The van der Waals surface area contributed by atoms with Crippen LogP contribution in [0.1, 0.15) is 88.3 Å². The summed E-state index contributed by atoms with van der Waals surface area (Å²) in [6.45, 7) is 12.3. The van der Waals surface area contributed by atoms with Crippen LogP contribution in [0.4, 0.5) is 10.6 Å². The molecule has 2 aromatic heterocycles. The molecule has 5 unspecified atom stereocenters. The van der Waals surface area contributed by atoms with Gasteiger partial charge in [-0.3, -0.25) is 14.5 Å². The van der Waals surface area contributed by atoms with Gasteiger partial charge in [-0.1, -0.05) is 43.3 Å². The summed E-state index contributed by atoms with van der Waals surface area (Å²) in [5.74, 6) is 0.267. The van der Waals surface area contributed by atoms with E-state index in [0.29, 0.717) is 69.4 Å². The summed E-state index contributed by atoms with van der Waals surface area (Å²) in [6.07, 6.45) is 5.96. The van der Waals surface area contributed by atoms with Gasteiger partial charge in [0.25, 0.3) is 0 Å². The highest BCUT2D eigenvalue weighted by molar-refractivity contribution is 7.13. The Kier molecular flexibility index (Phi) is 10.7. The Morgan fingerprint density at radius 2 is 1.75 bits per heavy atom. The quantitative estimate of drug-likeness (QED) is 0.286. The number of nitrogens with one attached hydrogen (secondary N) is 1. The zero-order valence-electron chi connectivity index (χ0n) is 30.3. The Morgan fingerprint density at radius 1 is 0.980 bits per heavy atom. The van der Waals surface area contributed by atoms with E-state index in [9.17, 15) is 14.4 Å². The van der Waals surface area contributed by atoms with Crippen LogP contribution < -0.4 is 10.2 Å². The highest BCUT2D eigenvalue weighted by Gasteiger charge is 2.41. The van der Waals surface area contributed by atoms with E-state index >= 15 is 0 Å². The third kappa shape index (κ3) is 7.51. The van der Waals surface area contributed by atoms with Crippen molar-refractivity contribution in [3.05, 3.63) is 52.9 Å². The number of aromatic nitrogens is 2. The molecule has 1 aromatic carbocycles. The molecule has 3 amide bonds. The molecule has 3 aromatic rings. The van der Waals surface area contributed by atoms with Crippen LogP contribution in [-0.4, -0.2) is 107 Å².